The maximum atomic E-state index is 5.79. The highest BCUT2D eigenvalue weighted by Crippen LogP contribution is 2.36. The molecular formula is C22H20N4O. The van der Waals surface area contributed by atoms with Crippen molar-refractivity contribution in [1.82, 2.24) is 19.4 Å². The van der Waals surface area contributed by atoms with Gasteiger partial charge in [-0.2, -0.15) is 0 Å². The average molecular weight is 356 g/mol. The van der Waals surface area contributed by atoms with E-state index in [1.165, 1.54) is 5.56 Å². The second kappa shape index (κ2) is 6.20. The smallest absolute Gasteiger partial charge is 0.234 e. The lowest BCUT2D eigenvalue weighted by Crippen LogP contribution is -2.08. The number of hydrogen-bond acceptors (Lipinski definition) is 4. The van der Waals surface area contributed by atoms with Gasteiger partial charge in [-0.15, -0.1) is 0 Å². The highest BCUT2D eigenvalue weighted by atomic mass is 16.5. The van der Waals surface area contributed by atoms with E-state index in [0.29, 0.717) is 5.78 Å². The Bertz CT molecular complexity index is 1140. The van der Waals surface area contributed by atoms with Crippen LogP contribution in [0.2, 0.25) is 0 Å². The molecule has 134 valence electrons. The minimum absolute atomic E-state index is 0.698. The summed E-state index contributed by atoms with van der Waals surface area (Å²) in [6.45, 7) is 4.83. The molecule has 0 spiro atoms. The molecule has 5 heteroatoms. The van der Waals surface area contributed by atoms with Gasteiger partial charge in [-0.1, -0.05) is 0 Å². The van der Waals surface area contributed by atoms with Gasteiger partial charge >= 0.3 is 0 Å². The molecule has 0 atom stereocenters. The quantitative estimate of drug-likeness (QED) is 0.534. The van der Waals surface area contributed by atoms with E-state index >= 15 is 0 Å². The van der Waals surface area contributed by atoms with Crippen LogP contribution in [0.5, 0.6) is 5.75 Å². The van der Waals surface area contributed by atoms with Crippen molar-refractivity contribution in [2.24, 2.45) is 0 Å². The van der Waals surface area contributed by atoms with E-state index in [1.807, 2.05) is 26.1 Å². The van der Waals surface area contributed by atoms with E-state index in [-0.39, 0.29) is 0 Å². The van der Waals surface area contributed by atoms with Gasteiger partial charge in [-0.25, -0.2) is 9.97 Å². The van der Waals surface area contributed by atoms with Gasteiger partial charge in [0.15, 0.2) is 0 Å². The first kappa shape index (κ1) is 16.0. The molecule has 5 rings (SSSR count). The highest BCUT2D eigenvalue weighted by molar-refractivity contribution is 5.82. The van der Waals surface area contributed by atoms with E-state index in [1.54, 1.807) is 6.20 Å². The molecule has 3 aromatic heterocycles. The Morgan fingerprint density at radius 2 is 1.85 bits per heavy atom. The van der Waals surface area contributed by atoms with Crippen molar-refractivity contribution in [3.63, 3.8) is 0 Å². The molecular weight excluding hydrogens is 336 g/mol. The van der Waals surface area contributed by atoms with Crippen molar-refractivity contribution in [3.8, 4) is 28.3 Å². The molecule has 4 heterocycles. The summed E-state index contributed by atoms with van der Waals surface area (Å²) >= 11 is 0. The number of rotatable bonds is 2. The van der Waals surface area contributed by atoms with E-state index in [9.17, 15) is 0 Å². The van der Waals surface area contributed by atoms with Crippen molar-refractivity contribution in [2.75, 3.05) is 6.61 Å². The molecule has 4 aromatic rings. The third-order valence-electron chi connectivity index (χ3n) is 4.94. The molecule has 0 fully saturated rings. The number of pyridine rings is 1. The first-order valence-electron chi connectivity index (χ1n) is 9.24. The summed E-state index contributed by atoms with van der Waals surface area (Å²) in [6, 6.07) is 12.5. The van der Waals surface area contributed by atoms with Crippen LogP contribution in [-0.4, -0.2) is 26.0 Å². The van der Waals surface area contributed by atoms with Crippen molar-refractivity contribution in [2.45, 2.75) is 26.7 Å². The zero-order valence-electron chi connectivity index (χ0n) is 15.4. The molecule has 27 heavy (non-hydrogen) atoms. The minimum atomic E-state index is 0.698. The van der Waals surface area contributed by atoms with Crippen molar-refractivity contribution in [3.05, 3.63) is 65.7 Å². The molecule has 0 N–H and O–H groups in total. The van der Waals surface area contributed by atoms with Gasteiger partial charge in [-0.05, 0) is 68.7 Å². The second-order valence-electron chi connectivity index (χ2n) is 7.01. The summed E-state index contributed by atoms with van der Waals surface area (Å²) in [5.74, 6) is 1.69. The molecule has 0 bridgehead atoms. The van der Waals surface area contributed by atoms with Crippen LogP contribution < -0.4 is 4.74 Å². The number of aryl methyl sites for hydroxylation is 3. The Labute approximate surface area is 157 Å². The van der Waals surface area contributed by atoms with E-state index < -0.39 is 0 Å². The van der Waals surface area contributed by atoms with Crippen molar-refractivity contribution < 1.29 is 4.74 Å². The minimum Gasteiger partial charge on any atom is -0.493 e. The lowest BCUT2D eigenvalue weighted by atomic mass is 9.99. The Morgan fingerprint density at radius 1 is 1.00 bits per heavy atom. The SMILES string of the molecule is Cc1cc(-c2nc3ncccn3c2-c2ccc3c(c2)CCCO3)cc(C)n1. The van der Waals surface area contributed by atoms with Gasteiger partial charge in [-0.3, -0.25) is 9.38 Å². The maximum absolute atomic E-state index is 5.79. The number of aromatic nitrogens is 4. The van der Waals surface area contributed by atoms with Crippen molar-refractivity contribution in [1.29, 1.82) is 0 Å². The molecule has 0 saturated heterocycles. The second-order valence-corrected chi connectivity index (χ2v) is 7.01. The third kappa shape index (κ3) is 2.76. The lowest BCUT2D eigenvalue weighted by Gasteiger charge is -2.18. The summed E-state index contributed by atoms with van der Waals surface area (Å²) in [6.07, 6.45) is 5.90. The van der Waals surface area contributed by atoms with Gasteiger partial charge in [0, 0.05) is 34.9 Å². The highest BCUT2D eigenvalue weighted by Gasteiger charge is 2.19. The molecule has 0 aliphatic carbocycles. The Balaban J connectivity index is 1.78. The fourth-order valence-corrected chi connectivity index (χ4v) is 3.84. The van der Waals surface area contributed by atoms with E-state index in [0.717, 1.165) is 59.1 Å². The lowest BCUT2D eigenvalue weighted by molar-refractivity contribution is 0.288. The normalized spacial score (nSPS) is 13.4. The summed E-state index contributed by atoms with van der Waals surface area (Å²) in [5, 5.41) is 0. The Morgan fingerprint density at radius 3 is 2.70 bits per heavy atom. The zero-order chi connectivity index (χ0) is 18.4. The van der Waals surface area contributed by atoms with Gasteiger partial charge in [0.1, 0.15) is 5.75 Å². The van der Waals surface area contributed by atoms with Gasteiger partial charge in [0.25, 0.3) is 0 Å². The molecule has 1 aliphatic heterocycles. The summed E-state index contributed by atoms with van der Waals surface area (Å²) in [4.78, 5) is 13.8. The third-order valence-corrected chi connectivity index (χ3v) is 4.94. The topological polar surface area (TPSA) is 52.3 Å². The van der Waals surface area contributed by atoms with Crippen LogP contribution in [0.25, 0.3) is 28.3 Å². The molecule has 0 amide bonds. The number of ether oxygens (including phenoxy) is 1. The van der Waals surface area contributed by atoms with Crippen LogP contribution in [0.3, 0.4) is 0 Å². The molecule has 0 saturated carbocycles. The summed E-state index contributed by atoms with van der Waals surface area (Å²) < 4.78 is 7.85. The van der Waals surface area contributed by atoms with Crippen LogP contribution in [0, 0.1) is 13.8 Å². The average Bonchev–Trinajstić information content (AvgIpc) is 3.06. The fourth-order valence-electron chi connectivity index (χ4n) is 3.84. The number of fused-ring (bicyclic) bond motifs is 2. The number of benzene rings is 1. The Hall–Kier alpha value is -3.21. The van der Waals surface area contributed by atoms with Crippen LogP contribution in [-0.2, 0) is 6.42 Å². The van der Waals surface area contributed by atoms with E-state index in [4.69, 9.17) is 9.72 Å². The molecule has 0 unspecified atom stereocenters. The predicted octanol–water partition coefficient (Wildman–Crippen LogP) is 4.40. The van der Waals surface area contributed by atoms with Crippen LogP contribution in [0.15, 0.2) is 48.8 Å². The van der Waals surface area contributed by atoms with Gasteiger partial charge in [0.05, 0.1) is 18.0 Å². The van der Waals surface area contributed by atoms with Crippen molar-refractivity contribution >= 4 is 5.78 Å². The van der Waals surface area contributed by atoms with Gasteiger partial charge in [0.2, 0.25) is 5.78 Å². The first-order valence-corrected chi connectivity index (χ1v) is 9.24. The number of nitrogens with zero attached hydrogens (tertiary/aromatic N) is 4. The maximum Gasteiger partial charge on any atom is 0.234 e. The standard InChI is InChI=1S/C22H20N4O/c1-14-11-18(12-15(2)24-14)20-21(26-9-4-8-23-22(26)25-20)17-6-7-19-16(13-17)5-3-10-27-19/h4,6-9,11-13H,3,5,10H2,1-2H3. The van der Waals surface area contributed by atoms with Crippen LogP contribution in [0.4, 0.5) is 0 Å². The fraction of sp³-hybridized carbons (Fsp3) is 0.227. The van der Waals surface area contributed by atoms with E-state index in [2.05, 4.69) is 44.7 Å². The monoisotopic (exact) mass is 356 g/mol. The first-order chi connectivity index (χ1) is 13.2. The largest absolute Gasteiger partial charge is 0.493 e. The molecule has 1 aromatic carbocycles. The number of hydrogen-bond donors (Lipinski definition) is 0. The molecule has 1 aliphatic rings. The molecule has 0 radical (unpaired) electrons. The summed E-state index contributed by atoms with van der Waals surface area (Å²) in [5.41, 5.74) is 7.40. The van der Waals surface area contributed by atoms with Gasteiger partial charge < -0.3 is 4.74 Å². The summed E-state index contributed by atoms with van der Waals surface area (Å²) in [7, 11) is 0. The predicted molar refractivity (Wildman–Crippen MR) is 105 cm³/mol. The Kier molecular flexibility index (Phi) is 3.67. The number of imidazole rings is 1. The zero-order valence-corrected chi connectivity index (χ0v) is 15.4. The molecule has 5 nitrogen and oxygen atoms in total. The van der Waals surface area contributed by atoms with Crippen LogP contribution >= 0.6 is 0 Å². The van der Waals surface area contributed by atoms with Crippen LogP contribution in [0.1, 0.15) is 23.4 Å².